The Bertz CT molecular complexity index is 1780. The molecule has 0 atom stereocenters. The number of rotatable bonds is 7. The third-order valence-corrected chi connectivity index (χ3v) is 6.19. The highest BCUT2D eigenvalue weighted by atomic mass is 19.4. The highest BCUT2D eigenvalue weighted by Gasteiger charge is 2.31. The van der Waals surface area contributed by atoms with Crippen molar-refractivity contribution in [1.82, 2.24) is 9.66 Å². The SMILES string of the molecule is COc1cc(C=Nn2c(-c3cccc(C(F)(F)F)c3)nc3ccccc3c2=O)ccc1OCc1cccc(C)c1. The molecule has 5 aromatic rings. The molecule has 6 nitrogen and oxygen atoms in total. The van der Waals surface area contributed by atoms with Crippen LogP contribution in [0.4, 0.5) is 13.2 Å². The summed E-state index contributed by atoms with van der Waals surface area (Å²) in [6.45, 7) is 2.36. The maximum absolute atomic E-state index is 13.4. The summed E-state index contributed by atoms with van der Waals surface area (Å²) in [5, 5.41) is 4.63. The third-order valence-electron chi connectivity index (χ3n) is 6.19. The average Bonchev–Trinajstić information content (AvgIpc) is 2.95. The van der Waals surface area contributed by atoms with Gasteiger partial charge in [-0.25, -0.2) is 4.98 Å². The molecular formula is C31H24F3N3O3. The van der Waals surface area contributed by atoms with Gasteiger partial charge in [-0.3, -0.25) is 4.79 Å². The van der Waals surface area contributed by atoms with Gasteiger partial charge in [0.05, 0.1) is 29.8 Å². The van der Waals surface area contributed by atoms with E-state index in [9.17, 15) is 18.0 Å². The minimum Gasteiger partial charge on any atom is -0.493 e. The van der Waals surface area contributed by atoms with Gasteiger partial charge in [0.15, 0.2) is 17.3 Å². The molecule has 1 heterocycles. The van der Waals surface area contributed by atoms with Crippen molar-refractivity contribution >= 4 is 17.1 Å². The first-order valence-corrected chi connectivity index (χ1v) is 12.3. The maximum Gasteiger partial charge on any atom is 0.416 e. The van der Waals surface area contributed by atoms with E-state index >= 15 is 0 Å². The molecule has 0 spiro atoms. The van der Waals surface area contributed by atoms with Crippen LogP contribution in [0.2, 0.25) is 0 Å². The molecule has 0 fully saturated rings. The number of methoxy groups -OCH3 is 1. The lowest BCUT2D eigenvalue weighted by molar-refractivity contribution is -0.137. The normalized spacial score (nSPS) is 11.7. The Balaban J connectivity index is 1.52. The third kappa shape index (κ3) is 5.73. The van der Waals surface area contributed by atoms with Crippen LogP contribution in [0.25, 0.3) is 22.3 Å². The average molecular weight is 544 g/mol. The van der Waals surface area contributed by atoms with Crippen molar-refractivity contribution in [3.8, 4) is 22.9 Å². The minimum absolute atomic E-state index is 0.0175. The van der Waals surface area contributed by atoms with Crippen LogP contribution in [-0.4, -0.2) is 23.0 Å². The molecule has 0 bridgehead atoms. The molecular weight excluding hydrogens is 519 g/mol. The Hall–Kier alpha value is -4.92. The van der Waals surface area contributed by atoms with Gasteiger partial charge in [0.2, 0.25) is 0 Å². The quantitative estimate of drug-likeness (QED) is 0.210. The highest BCUT2D eigenvalue weighted by Crippen LogP contribution is 2.32. The molecule has 202 valence electrons. The Kier molecular flexibility index (Phi) is 7.37. The van der Waals surface area contributed by atoms with E-state index in [0.29, 0.717) is 29.2 Å². The van der Waals surface area contributed by atoms with E-state index in [-0.39, 0.29) is 16.8 Å². The molecule has 0 aliphatic rings. The fourth-order valence-electron chi connectivity index (χ4n) is 4.22. The van der Waals surface area contributed by atoms with Gasteiger partial charge in [-0.1, -0.05) is 54.1 Å². The Morgan fingerprint density at radius 1 is 0.925 bits per heavy atom. The highest BCUT2D eigenvalue weighted by molar-refractivity contribution is 5.82. The lowest BCUT2D eigenvalue weighted by atomic mass is 10.1. The Morgan fingerprint density at radius 2 is 1.73 bits per heavy atom. The molecule has 5 rings (SSSR count). The zero-order valence-electron chi connectivity index (χ0n) is 21.6. The second-order valence-electron chi connectivity index (χ2n) is 9.08. The number of halogens is 3. The molecule has 0 aliphatic heterocycles. The van der Waals surface area contributed by atoms with Gasteiger partial charge in [-0.2, -0.15) is 22.9 Å². The van der Waals surface area contributed by atoms with Crippen molar-refractivity contribution in [3.05, 3.63) is 124 Å². The molecule has 0 aliphatic carbocycles. The van der Waals surface area contributed by atoms with E-state index in [2.05, 4.69) is 10.1 Å². The first kappa shape index (κ1) is 26.7. The van der Waals surface area contributed by atoms with Gasteiger partial charge in [0.25, 0.3) is 5.56 Å². The fourth-order valence-corrected chi connectivity index (χ4v) is 4.22. The van der Waals surface area contributed by atoms with Crippen molar-refractivity contribution < 1.29 is 22.6 Å². The molecule has 1 aromatic heterocycles. The van der Waals surface area contributed by atoms with Crippen molar-refractivity contribution in [2.75, 3.05) is 7.11 Å². The first-order chi connectivity index (χ1) is 19.2. The van der Waals surface area contributed by atoms with Gasteiger partial charge < -0.3 is 9.47 Å². The van der Waals surface area contributed by atoms with Gasteiger partial charge in [-0.15, -0.1) is 0 Å². The number of nitrogens with zero attached hydrogens (tertiary/aromatic N) is 3. The lowest BCUT2D eigenvalue weighted by Crippen LogP contribution is -2.20. The summed E-state index contributed by atoms with van der Waals surface area (Å²) in [5.41, 5.74) is 1.80. The summed E-state index contributed by atoms with van der Waals surface area (Å²) >= 11 is 0. The summed E-state index contributed by atoms with van der Waals surface area (Å²) in [4.78, 5) is 17.9. The zero-order valence-corrected chi connectivity index (χ0v) is 21.6. The molecule has 0 saturated heterocycles. The smallest absolute Gasteiger partial charge is 0.416 e. The molecule has 0 unspecified atom stereocenters. The fraction of sp³-hybridized carbons (Fsp3) is 0.129. The van der Waals surface area contributed by atoms with Crippen LogP contribution in [0.15, 0.2) is 101 Å². The number of hydrogen-bond acceptors (Lipinski definition) is 5. The molecule has 0 saturated carbocycles. The predicted molar refractivity (Wildman–Crippen MR) is 148 cm³/mol. The summed E-state index contributed by atoms with van der Waals surface area (Å²) in [5.74, 6) is 0.963. The topological polar surface area (TPSA) is 65.7 Å². The van der Waals surface area contributed by atoms with Crippen LogP contribution in [0, 0.1) is 6.92 Å². The van der Waals surface area contributed by atoms with Crippen molar-refractivity contribution in [2.24, 2.45) is 5.10 Å². The Morgan fingerprint density at radius 3 is 2.50 bits per heavy atom. The van der Waals surface area contributed by atoms with Crippen molar-refractivity contribution in [1.29, 1.82) is 0 Å². The second kappa shape index (κ2) is 11.1. The number of hydrogen-bond donors (Lipinski definition) is 0. The van der Waals surface area contributed by atoms with Gasteiger partial charge in [-0.05, 0) is 60.5 Å². The van der Waals surface area contributed by atoms with E-state index < -0.39 is 17.3 Å². The number of para-hydroxylation sites is 1. The van der Waals surface area contributed by atoms with Gasteiger partial charge in [0, 0.05) is 5.56 Å². The number of aromatic nitrogens is 2. The molecule has 0 radical (unpaired) electrons. The first-order valence-electron chi connectivity index (χ1n) is 12.3. The van der Waals surface area contributed by atoms with E-state index in [0.717, 1.165) is 27.9 Å². The molecule has 9 heteroatoms. The predicted octanol–water partition coefficient (Wildman–Crippen LogP) is 6.86. The summed E-state index contributed by atoms with van der Waals surface area (Å²) in [6, 6.07) is 24.4. The Labute approximate surface area is 228 Å². The second-order valence-corrected chi connectivity index (χ2v) is 9.08. The summed E-state index contributed by atoms with van der Waals surface area (Å²) < 4.78 is 52.7. The van der Waals surface area contributed by atoms with E-state index in [4.69, 9.17) is 9.47 Å². The summed E-state index contributed by atoms with van der Waals surface area (Å²) in [6.07, 6.45) is -3.14. The van der Waals surface area contributed by atoms with Crippen LogP contribution in [-0.2, 0) is 12.8 Å². The number of alkyl halides is 3. The molecule has 40 heavy (non-hydrogen) atoms. The van der Waals surface area contributed by atoms with Crippen LogP contribution in [0.1, 0.15) is 22.3 Å². The molecule has 4 aromatic carbocycles. The number of benzene rings is 4. The van der Waals surface area contributed by atoms with Crippen molar-refractivity contribution in [3.63, 3.8) is 0 Å². The van der Waals surface area contributed by atoms with E-state index in [1.165, 1.54) is 25.5 Å². The van der Waals surface area contributed by atoms with Gasteiger partial charge >= 0.3 is 6.18 Å². The van der Waals surface area contributed by atoms with Crippen molar-refractivity contribution in [2.45, 2.75) is 19.7 Å². The standard InChI is InChI=1S/C31H24F3N3O3/c1-20-7-5-8-22(15-20)19-40-27-14-13-21(16-28(27)39-2)18-35-37-29(23-9-6-10-24(17-23)31(32,33)34)36-26-12-4-3-11-25(26)30(37)38/h3-18H,19H2,1-2H3. The van der Waals surface area contributed by atoms with E-state index in [1.807, 2.05) is 31.2 Å². The zero-order chi connectivity index (χ0) is 28.3. The molecule has 0 N–H and O–H groups in total. The monoisotopic (exact) mass is 543 g/mol. The number of ether oxygens (including phenoxy) is 2. The van der Waals surface area contributed by atoms with Crippen LogP contribution in [0.3, 0.4) is 0 Å². The number of fused-ring (bicyclic) bond motifs is 1. The summed E-state index contributed by atoms with van der Waals surface area (Å²) in [7, 11) is 1.51. The van der Waals surface area contributed by atoms with Crippen LogP contribution >= 0.6 is 0 Å². The van der Waals surface area contributed by atoms with Crippen LogP contribution < -0.4 is 15.0 Å². The lowest BCUT2D eigenvalue weighted by Gasteiger charge is -2.13. The van der Waals surface area contributed by atoms with E-state index in [1.54, 1.807) is 42.5 Å². The molecule has 0 amide bonds. The minimum atomic E-state index is -4.55. The van der Waals surface area contributed by atoms with Crippen LogP contribution in [0.5, 0.6) is 11.5 Å². The van der Waals surface area contributed by atoms with Gasteiger partial charge in [0.1, 0.15) is 6.61 Å². The maximum atomic E-state index is 13.4. The largest absolute Gasteiger partial charge is 0.493 e. The number of aryl methyl sites for hydroxylation is 1.